The number of alkyl halides is 7. The summed E-state index contributed by atoms with van der Waals surface area (Å²) in [4.78, 5) is 29.8. The van der Waals surface area contributed by atoms with Crippen molar-refractivity contribution in [2.24, 2.45) is 0 Å². The van der Waals surface area contributed by atoms with Crippen molar-refractivity contribution >= 4 is 29.0 Å². The van der Waals surface area contributed by atoms with Crippen LogP contribution in [0.3, 0.4) is 0 Å². The van der Waals surface area contributed by atoms with Crippen LogP contribution < -0.4 is 10.1 Å². The molecule has 198 valence electrons. The van der Waals surface area contributed by atoms with Crippen molar-refractivity contribution < 1.29 is 49.6 Å². The fourth-order valence-corrected chi connectivity index (χ4v) is 3.26. The first-order valence-electron chi connectivity index (χ1n) is 9.75. The van der Waals surface area contributed by atoms with Crippen molar-refractivity contribution in [3.8, 4) is 17.2 Å². The predicted octanol–water partition coefficient (Wildman–Crippen LogP) is 5.67. The quantitative estimate of drug-likeness (QED) is 0.112. The molecule has 0 saturated heterocycles. The number of carbonyl (C=O) groups excluding carboxylic acids is 1. The number of ether oxygens (including phenoxy) is 1. The minimum absolute atomic E-state index is 0.0146. The van der Waals surface area contributed by atoms with Gasteiger partial charge < -0.3 is 14.5 Å². The molecule has 17 heteroatoms. The summed E-state index contributed by atoms with van der Waals surface area (Å²) in [7, 11) is 0. The summed E-state index contributed by atoms with van der Waals surface area (Å²) >= 11 is 0.497. The third kappa shape index (κ3) is 7.55. The zero-order valence-electron chi connectivity index (χ0n) is 18.0. The molecule has 1 aromatic carbocycles. The number of anilines is 1. The number of nitrogens with one attached hydrogen (secondary N) is 1. The van der Waals surface area contributed by atoms with E-state index in [4.69, 9.17) is 4.42 Å². The Morgan fingerprint density at radius 3 is 2.49 bits per heavy atom. The standard InChI is InChI=1S/C20H13F7N4O5S/c21-17(22)19(23,24)9-36-12-5-10(4-11(6-12)31(33)34)28-16(32)8-37-18-29-13(14-2-1-3-35-14)7-15(30-18)20(25,26)27/h1-7,17H,8-9H2,(H,28,32). The van der Waals surface area contributed by atoms with E-state index in [-0.39, 0.29) is 17.1 Å². The van der Waals surface area contributed by atoms with Crippen LogP contribution in [0.1, 0.15) is 5.69 Å². The second-order valence-corrected chi connectivity index (χ2v) is 8.00. The molecule has 2 heterocycles. The molecular formula is C20H13F7N4O5S. The highest BCUT2D eigenvalue weighted by atomic mass is 32.2. The first-order valence-corrected chi connectivity index (χ1v) is 10.7. The summed E-state index contributed by atoms with van der Waals surface area (Å²) in [5, 5.41) is 12.8. The largest absolute Gasteiger partial charge is 0.487 e. The van der Waals surface area contributed by atoms with Crippen molar-refractivity contribution in [3.63, 3.8) is 0 Å². The van der Waals surface area contributed by atoms with Gasteiger partial charge in [0.1, 0.15) is 17.1 Å². The van der Waals surface area contributed by atoms with E-state index in [2.05, 4.69) is 20.0 Å². The van der Waals surface area contributed by atoms with Gasteiger partial charge in [0.05, 0.1) is 28.7 Å². The number of furan rings is 1. The van der Waals surface area contributed by atoms with Gasteiger partial charge in [-0.3, -0.25) is 14.9 Å². The van der Waals surface area contributed by atoms with E-state index in [0.717, 1.165) is 12.1 Å². The van der Waals surface area contributed by atoms with Gasteiger partial charge in [0.2, 0.25) is 5.91 Å². The highest BCUT2D eigenvalue weighted by molar-refractivity contribution is 7.99. The van der Waals surface area contributed by atoms with Crippen LogP contribution in [0.5, 0.6) is 5.75 Å². The smallest absolute Gasteiger partial charge is 0.433 e. The molecule has 3 aromatic rings. The molecule has 0 atom stereocenters. The van der Waals surface area contributed by atoms with Gasteiger partial charge in [-0.2, -0.15) is 22.0 Å². The van der Waals surface area contributed by atoms with Crippen LogP contribution in [0.2, 0.25) is 0 Å². The van der Waals surface area contributed by atoms with E-state index in [1.807, 2.05) is 0 Å². The molecule has 0 aliphatic heterocycles. The SMILES string of the molecule is O=C(CSc1nc(-c2ccco2)cc(C(F)(F)F)n1)Nc1cc(OCC(F)(F)C(F)F)cc([N+](=O)[O-])c1. The summed E-state index contributed by atoms with van der Waals surface area (Å²) in [5.41, 5.74) is -2.53. The molecule has 0 radical (unpaired) electrons. The predicted molar refractivity (Wildman–Crippen MR) is 114 cm³/mol. The minimum Gasteiger partial charge on any atom is -0.487 e. The molecule has 0 fully saturated rings. The summed E-state index contributed by atoms with van der Waals surface area (Å²) in [6, 6.07) is 5.83. The first kappa shape index (κ1) is 27.7. The van der Waals surface area contributed by atoms with E-state index >= 15 is 0 Å². The lowest BCUT2D eigenvalue weighted by Crippen LogP contribution is -2.33. The fourth-order valence-electron chi connectivity index (χ4n) is 2.60. The van der Waals surface area contributed by atoms with Crippen molar-refractivity contribution in [2.45, 2.75) is 23.7 Å². The topological polar surface area (TPSA) is 120 Å². The maximum absolute atomic E-state index is 13.2. The van der Waals surface area contributed by atoms with Gasteiger partial charge >= 0.3 is 18.5 Å². The molecule has 0 bridgehead atoms. The summed E-state index contributed by atoms with van der Waals surface area (Å²) < 4.78 is 100. The van der Waals surface area contributed by atoms with Crippen LogP contribution in [-0.2, 0) is 11.0 Å². The zero-order chi connectivity index (χ0) is 27.4. The number of rotatable bonds is 10. The van der Waals surface area contributed by atoms with Crippen LogP contribution in [0.25, 0.3) is 11.5 Å². The lowest BCUT2D eigenvalue weighted by molar-refractivity contribution is -0.384. The Balaban J connectivity index is 1.74. The van der Waals surface area contributed by atoms with E-state index in [9.17, 15) is 45.6 Å². The molecule has 3 rings (SSSR count). The maximum atomic E-state index is 13.2. The number of benzene rings is 1. The Morgan fingerprint density at radius 2 is 1.89 bits per heavy atom. The lowest BCUT2D eigenvalue weighted by atomic mass is 10.2. The van der Waals surface area contributed by atoms with Gasteiger partial charge in [0.25, 0.3) is 5.69 Å². The number of thioether (sulfide) groups is 1. The number of aromatic nitrogens is 2. The molecule has 1 amide bonds. The molecule has 1 N–H and O–H groups in total. The van der Waals surface area contributed by atoms with Crippen LogP contribution in [-0.4, -0.2) is 45.5 Å². The molecule has 2 aromatic heterocycles. The number of halogens is 7. The molecule has 0 aliphatic carbocycles. The van der Waals surface area contributed by atoms with Crippen LogP contribution >= 0.6 is 11.8 Å². The number of hydrogen-bond donors (Lipinski definition) is 1. The number of non-ortho nitro benzene ring substituents is 1. The van der Waals surface area contributed by atoms with E-state index in [0.29, 0.717) is 23.9 Å². The van der Waals surface area contributed by atoms with E-state index < -0.39 is 64.0 Å². The van der Waals surface area contributed by atoms with Crippen molar-refractivity contribution in [2.75, 3.05) is 17.7 Å². The molecule has 9 nitrogen and oxygen atoms in total. The van der Waals surface area contributed by atoms with Gasteiger partial charge in [-0.25, -0.2) is 18.7 Å². The third-order valence-electron chi connectivity index (χ3n) is 4.24. The lowest BCUT2D eigenvalue weighted by Gasteiger charge is -2.16. The van der Waals surface area contributed by atoms with Gasteiger partial charge in [-0.05, 0) is 18.2 Å². The number of hydrogen-bond acceptors (Lipinski definition) is 8. The van der Waals surface area contributed by atoms with Crippen LogP contribution in [0.4, 0.5) is 42.1 Å². The van der Waals surface area contributed by atoms with Crippen molar-refractivity contribution in [1.82, 2.24) is 9.97 Å². The van der Waals surface area contributed by atoms with Gasteiger partial charge in [-0.15, -0.1) is 0 Å². The Bertz CT molecular complexity index is 1270. The summed E-state index contributed by atoms with van der Waals surface area (Å²) in [6.45, 7) is -1.79. The average Bonchev–Trinajstić information content (AvgIpc) is 3.36. The second-order valence-electron chi connectivity index (χ2n) is 7.06. The minimum atomic E-state index is -4.83. The molecule has 0 spiro atoms. The first-order chi connectivity index (χ1) is 17.2. The van der Waals surface area contributed by atoms with Crippen molar-refractivity contribution in [1.29, 1.82) is 0 Å². The molecule has 37 heavy (non-hydrogen) atoms. The number of amides is 1. The van der Waals surface area contributed by atoms with Gasteiger partial charge in [-0.1, -0.05) is 11.8 Å². The number of nitro groups is 1. The van der Waals surface area contributed by atoms with E-state index in [1.54, 1.807) is 0 Å². The zero-order valence-corrected chi connectivity index (χ0v) is 18.8. The molecule has 0 saturated carbocycles. The molecule has 0 aliphatic rings. The molecule has 0 unspecified atom stereocenters. The summed E-state index contributed by atoms with van der Waals surface area (Å²) in [5.74, 6) is -6.59. The fraction of sp³-hybridized carbons (Fsp3) is 0.250. The number of nitrogens with zero attached hydrogens (tertiary/aromatic N) is 3. The highest BCUT2D eigenvalue weighted by Gasteiger charge is 2.42. The summed E-state index contributed by atoms with van der Waals surface area (Å²) in [6.07, 6.45) is -7.66. The maximum Gasteiger partial charge on any atom is 0.433 e. The Kier molecular flexibility index (Phi) is 8.25. The third-order valence-corrected chi connectivity index (χ3v) is 5.09. The van der Waals surface area contributed by atoms with Crippen LogP contribution in [0, 0.1) is 10.1 Å². The normalized spacial score (nSPS) is 12.0. The van der Waals surface area contributed by atoms with E-state index in [1.165, 1.54) is 18.4 Å². The van der Waals surface area contributed by atoms with Gasteiger partial charge in [0, 0.05) is 12.1 Å². The monoisotopic (exact) mass is 554 g/mol. The van der Waals surface area contributed by atoms with Crippen molar-refractivity contribution in [3.05, 3.63) is 58.5 Å². The van der Waals surface area contributed by atoms with Gasteiger partial charge in [0.15, 0.2) is 17.5 Å². The highest BCUT2D eigenvalue weighted by Crippen LogP contribution is 2.33. The average molecular weight is 554 g/mol. The number of nitro benzene ring substituents is 1. The molecular weight excluding hydrogens is 541 g/mol. The Morgan fingerprint density at radius 1 is 1.16 bits per heavy atom. The second kappa shape index (κ2) is 11.0. The Hall–Kier alpha value is -3.89. The number of carbonyl (C=O) groups is 1. The van der Waals surface area contributed by atoms with Crippen LogP contribution in [0.15, 0.2) is 52.2 Å². The Labute approximate surface area is 206 Å².